The van der Waals surface area contributed by atoms with Gasteiger partial charge in [-0.2, -0.15) is 0 Å². The van der Waals surface area contributed by atoms with E-state index >= 15 is 0 Å². The fourth-order valence-electron chi connectivity index (χ4n) is 2.65. The second-order valence-corrected chi connectivity index (χ2v) is 6.00. The van der Waals surface area contributed by atoms with Crippen LogP contribution in [0.15, 0.2) is 18.2 Å². The monoisotopic (exact) mass is 247 g/mol. The summed E-state index contributed by atoms with van der Waals surface area (Å²) in [5, 5.41) is 3.65. The topological polar surface area (TPSA) is 21.3 Å². The summed E-state index contributed by atoms with van der Waals surface area (Å²) < 4.78 is 5.76. The number of hydrogen-bond donors (Lipinski definition) is 1. The van der Waals surface area contributed by atoms with E-state index in [0.29, 0.717) is 12.1 Å². The molecule has 0 radical (unpaired) electrons. The Bertz CT molecular complexity index is 425. The third kappa shape index (κ3) is 2.39. The van der Waals surface area contributed by atoms with E-state index in [2.05, 4.69) is 58.1 Å². The molecule has 2 rings (SSSR count). The van der Waals surface area contributed by atoms with Crippen LogP contribution >= 0.6 is 0 Å². The first kappa shape index (κ1) is 13.4. The molecule has 0 saturated heterocycles. The predicted molar refractivity (Wildman–Crippen MR) is 77.1 cm³/mol. The highest BCUT2D eigenvalue weighted by atomic mass is 16.5. The molecule has 0 aromatic heterocycles. The van der Waals surface area contributed by atoms with Gasteiger partial charge in [0.2, 0.25) is 0 Å². The Morgan fingerprint density at radius 2 is 2.00 bits per heavy atom. The lowest BCUT2D eigenvalue weighted by Crippen LogP contribution is -2.58. The lowest BCUT2D eigenvalue weighted by molar-refractivity contribution is -0.0975. The highest BCUT2D eigenvalue weighted by Gasteiger charge is 2.48. The van der Waals surface area contributed by atoms with Gasteiger partial charge in [0.05, 0.1) is 6.10 Å². The molecule has 2 atom stereocenters. The molecule has 1 N–H and O–H groups in total. The van der Waals surface area contributed by atoms with Crippen molar-refractivity contribution >= 4 is 5.69 Å². The van der Waals surface area contributed by atoms with Gasteiger partial charge >= 0.3 is 0 Å². The molecular weight excluding hydrogens is 222 g/mol. The zero-order valence-electron chi connectivity index (χ0n) is 12.2. The smallest absolute Gasteiger partial charge is 0.0665 e. The van der Waals surface area contributed by atoms with Crippen molar-refractivity contribution in [3.63, 3.8) is 0 Å². The van der Waals surface area contributed by atoms with Gasteiger partial charge in [-0.1, -0.05) is 19.9 Å². The molecule has 2 unspecified atom stereocenters. The van der Waals surface area contributed by atoms with E-state index in [-0.39, 0.29) is 5.41 Å². The van der Waals surface area contributed by atoms with E-state index < -0.39 is 0 Å². The van der Waals surface area contributed by atoms with Gasteiger partial charge in [0.1, 0.15) is 0 Å². The molecule has 18 heavy (non-hydrogen) atoms. The average Bonchev–Trinajstić information content (AvgIpc) is 2.32. The van der Waals surface area contributed by atoms with Gasteiger partial charge in [-0.05, 0) is 50.5 Å². The third-order valence-electron chi connectivity index (χ3n) is 4.39. The summed E-state index contributed by atoms with van der Waals surface area (Å²) in [6.45, 7) is 11.8. The second kappa shape index (κ2) is 4.93. The van der Waals surface area contributed by atoms with Gasteiger partial charge in [-0.25, -0.2) is 0 Å². The molecule has 0 heterocycles. The van der Waals surface area contributed by atoms with E-state index in [1.807, 2.05) is 0 Å². The maximum absolute atomic E-state index is 5.76. The Balaban J connectivity index is 2.01. The Labute approximate surface area is 111 Å². The van der Waals surface area contributed by atoms with Crippen LogP contribution in [0.4, 0.5) is 5.69 Å². The lowest BCUT2D eigenvalue weighted by atomic mass is 9.64. The molecule has 1 fully saturated rings. The first-order chi connectivity index (χ1) is 8.45. The van der Waals surface area contributed by atoms with Crippen molar-refractivity contribution in [2.45, 2.75) is 53.2 Å². The lowest BCUT2D eigenvalue weighted by Gasteiger charge is -2.52. The summed E-state index contributed by atoms with van der Waals surface area (Å²) in [5.74, 6) is 0. The minimum absolute atomic E-state index is 0.217. The van der Waals surface area contributed by atoms with Gasteiger partial charge in [-0.15, -0.1) is 0 Å². The molecular formula is C16H25NO. The standard InChI is InChI=1S/C16H25NO/c1-6-18-15-10-14(16(15,4)5)17-13-8-7-11(2)12(3)9-13/h7-9,14-15,17H,6,10H2,1-5H3. The number of benzene rings is 1. The maximum Gasteiger partial charge on any atom is 0.0665 e. The molecule has 1 aromatic rings. The summed E-state index contributed by atoms with van der Waals surface area (Å²) in [5.41, 5.74) is 4.14. The van der Waals surface area contributed by atoms with Crippen LogP contribution < -0.4 is 5.32 Å². The number of nitrogens with one attached hydrogen (secondary N) is 1. The highest BCUT2D eigenvalue weighted by molar-refractivity contribution is 5.49. The van der Waals surface area contributed by atoms with Crippen molar-refractivity contribution in [1.82, 2.24) is 0 Å². The predicted octanol–water partition coefficient (Wildman–Crippen LogP) is 3.92. The molecule has 0 spiro atoms. The number of ether oxygens (including phenoxy) is 1. The van der Waals surface area contributed by atoms with E-state index in [1.54, 1.807) is 0 Å². The van der Waals surface area contributed by atoms with E-state index in [1.165, 1.54) is 16.8 Å². The van der Waals surface area contributed by atoms with Gasteiger partial charge in [0.25, 0.3) is 0 Å². The minimum Gasteiger partial charge on any atom is -0.382 e. The fraction of sp³-hybridized carbons (Fsp3) is 0.625. The Morgan fingerprint density at radius 1 is 1.28 bits per heavy atom. The Hall–Kier alpha value is -1.02. The first-order valence-corrected chi connectivity index (χ1v) is 6.90. The maximum atomic E-state index is 5.76. The van der Waals surface area contributed by atoms with Crippen LogP contribution in [0, 0.1) is 19.3 Å². The number of hydrogen-bond acceptors (Lipinski definition) is 2. The second-order valence-electron chi connectivity index (χ2n) is 6.00. The molecule has 2 heteroatoms. The van der Waals surface area contributed by atoms with Crippen molar-refractivity contribution in [3.05, 3.63) is 29.3 Å². The fourth-order valence-corrected chi connectivity index (χ4v) is 2.65. The van der Waals surface area contributed by atoms with Crippen LogP contribution in [0.25, 0.3) is 0 Å². The van der Waals surface area contributed by atoms with Gasteiger partial charge < -0.3 is 10.1 Å². The van der Waals surface area contributed by atoms with Gasteiger partial charge in [0.15, 0.2) is 0 Å². The normalized spacial score (nSPS) is 25.6. The van der Waals surface area contributed by atoms with Crippen molar-refractivity contribution in [2.75, 3.05) is 11.9 Å². The molecule has 1 aliphatic carbocycles. The van der Waals surface area contributed by atoms with Crippen LogP contribution in [0.5, 0.6) is 0 Å². The van der Waals surface area contributed by atoms with Gasteiger partial charge in [-0.3, -0.25) is 0 Å². The van der Waals surface area contributed by atoms with Crippen LogP contribution in [0.2, 0.25) is 0 Å². The quantitative estimate of drug-likeness (QED) is 0.870. The molecule has 0 amide bonds. The van der Waals surface area contributed by atoms with E-state index in [0.717, 1.165) is 13.0 Å². The van der Waals surface area contributed by atoms with E-state index in [9.17, 15) is 0 Å². The van der Waals surface area contributed by atoms with Crippen molar-refractivity contribution in [3.8, 4) is 0 Å². The largest absolute Gasteiger partial charge is 0.382 e. The van der Waals surface area contributed by atoms with Crippen LogP contribution in [0.3, 0.4) is 0 Å². The summed E-state index contributed by atoms with van der Waals surface area (Å²) in [6.07, 6.45) is 1.50. The molecule has 1 saturated carbocycles. The first-order valence-electron chi connectivity index (χ1n) is 6.90. The summed E-state index contributed by atoms with van der Waals surface area (Å²) in [6, 6.07) is 7.10. The molecule has 100 valence electrons. The van der Waals surface area contributed by atoms with Gasteiger partial charge in [0, 0.05) is 23.8 Å². The molecule has 0 aliphatic heterocycles. The zero-order chi connectivity index (χ0) is 13.3. The number of anilines is 1. The molecule has 1 aromatic carbocycles. The zero-order valence-corrected chi connectivity index (χ0v) is 12.2. The number of aryl methyl sites for hydroxylation is 2. The third-order valence-corrected chi connectivity index (χ3v) is 4.39. The Kier molecular flexibility index (Phi) is 3.67. The Morgan fingerprint density at radius 3 is 2.56 bits per heavy atom. The highest BCUT2D eigenvalue weighted by Crippen LogP contribution is 2.44. The molecule has 2 nitrogen and oxygen atoms in total. The van der Waals surface area contributed by atoms with Crippen molar-refractivity contribution < 1.29 is 4.74 Å². The SMILES string of the molecule is CCOC1CC(Nc2ccc(C)c(C)c2)C1(C)C. The summed E-state index contributed by atoms with van der Waals surface area (Å²) in [4.78, 5) is 0. The average molecular weight is 247 g/mol. The molecule has 1 aliphatic rings. The molecule has 0 bridgehead atoms. The van der Waals surface area contributed by atoms with Crippen molar-refractivity contribution in [2.24, 2.45) is 5.41 Å². The van der Waals surface area contributed by atoms with Crippen molar-refractivity contribution in [1.29, 1.82) is 0 Å². The minimum atomic E-state index is 0.217. The number of rotatable bonds is 4. The van der Waals surface area contributed by atoms with Crippen LogP contribution in [-0.2, 0) is 4.74 Å². The van der Waals surface area contributed by atoms with E-state index in [4.69, 9.17) is 4.74 Å². The summed E-state index contributed by atoms with van der Waals surface area (Å²) >= 11 is 0. The van der Waals surface area contributed by atoms with Crippen LogP contribution in [-0.4, -0.2) is 18.8 Å². The van der Waals surface area contributed by atoms with Crippen LogP contribution in [0.1, 0.15) is 38.3 Å². The summed E-state index contributed by atoms with van der Waals surface area (Å²) in [7, 11) is 0.